The van der Waals surface area contributed by atoms with Crippen molar-refractivity contribution < 1.29 is 4.39 Å². The van der Waals surface area contributed by atoms with E-state index < -0.39 is 0 Å². The summed E-state index contributed by atoms with van der Waals surface area (Å²) < 4.78 is 12.9. The molecular formula is C16H17ClFN3. The fourth-order valence-electron chi connectivity index (χ4n) is 2.58. The highest BCUT2D eigenvalue weighted by Gasteiger charge is 2.19. The Morgan fingerprint density at radius 1 is 1.05 bits per heavy atom. The van der Waals surface area contributed by atoms with Crippen LogP contribution >= 0.6 is 11.6 Å². The largest absolute Gasteiger partial charge is 0.353 e. The quantitative estimate of drug-likeness (QED) is 0.868. The second kappa shape index (κ2) is 6.41. The van der Waals surface area contributed by atoms with Crippen molar-refractivity contribution in [3.05, 3.63) is 59.0 Å². The molecule has 110 valence electrons. The normalized spacial score (nSPS) is 16.2. The van der Waals surface area contributed by atoms with Crippen LogP contribution in [-0.4, -0.2) is 36.1 Å². The van der Waals surface area contributed by atoms with Gasteiger partial charge in [-0.3, -0.25) is 4.90 Å². The summed E-state index contributed by atoms with van der Waals surface area (Å²) in [5.41, 5.74) is 1.14. The molecule has 0 radical (unpaired) electrons. The Labute approximate surface area is 129 Å². The molecule has 0 bridgehead atoms. The van der Waals surface area contributed by atoms with Gasteiger partial charge >= 0.3 is 0 Å². The Morgan fingerprint density at radius 2 is 1.76 bits per heavy atom. The van der Waals surface area contributed by atoms with E-state index in [1.165, 1.54) is 12.1 Å². The number of nitrogens with zero attached hydrogens (tertiary/aromatic N) is 3. The SMILES string of the molecule is Fc1ccc(CN2CCN(c3ncccc3Cl)CC2)cc1. The topological polar surface area (TPSA) is 19.4 Å². The number of rotatable bonds is 3. The molecule has 1 aliphatic heterocycles. The average Bonchev–Trinajstić information content (AvgIpc) is 2.51. The van der Waals surface area contributed by atoms with Gasteiger partial charge in [-0.25, -0.2) is 9.37 Å². The first-order valence-electron chi connectivity index (χ1n) is 7.04. The van der Waals surface area contributed by atoms with E-state index in [1.807, 2.05) is 24.3 Å². The molecule has 3 rings (SSSR count). The Hall–Kier alpha value is -1.65. The Bertz CT molecular complexity index is 595. The summed E-state index contributed by atoms with van der Waals surface area (Å²) in [4.78, 5) is 8.93. The van der Waals surface area contributed by atoms with Gasteiger partial charge < -0.3 is 4.90 Å². The maximum atomic E-state index is 12.9. The summed E-state index contributed by atoms with van der Waals surface area (Å²) in [7, 11) is 0. The zero-order valence-electron chi connectivity index (χ0n) is 11.7. The van der Waals surface area contributed by atoms with Gasteiger partial charge in [-0.05, 0) is 29.8 Å². The lowest BCUT2D eigenvalue weighted by Gasteiger charge is -2.35. The molecule has 0 amide bonds. The predicted octanol–water partition coefficient (Wildman–Crippen LogP) is 3.20. The summed E-state index contributed by atoms with van der Waals surface area (Å²) in [5.74, 6) is 0.675. The van der Waals surface area contributed by atoms with Crippen molar-refractivity contribution in [3.8, 4) is 0 Å². The molecule has 0 atom stereocenters. The summed E-state index contributed by atoms with van der Waals surface area (Å²) in [5, 5.41) is 0.699. The van der Waals surface area contributed by atoms with Crippen molar-refractivity contribution in [2.24, 2.45) is 0 Å². The van der Waals surface area contributed by atoms with Crippen LogP contribution in [0.3, 0.4) is 0 Å². The van der Waals surface area contributed by atoms with E-state index in [1.54, 1.807) is 6.20 Å². The van der Waals surface area contributed by atoms with Crippen LogP contribution in [0, 0.1) is 5.82 Å². The third kappa shape index (κ3) is 3.52. The van der Waals surface area contributed by atoms with Gasteiger partial charge in [-0.2, -0.15) is 0 Å². The second-order valence-corrected chi connectivity index (χ2v) is 5.61. The van der Waals surface area contributed by atoms with Crippen LogP contribution in [0.25, 0.3) is 0 Å². The lowest BCUT2D eigenvalue weighted by molar-refractivity contribution is 0.249. The Morgan fingerprint density at radius 3 is 2.43 bits per heavy atom. The summed E-state index contributed by atoms with van der Waals surface area (Å²) in [6.45, 7) is 4.55. The smallest absolute Gasteiger partial charge is 0.147 e. The zero-order chi connectivity index (χ0) is 14.7. The second-order valence-electron chi connectivity index (χ2n) is 5.20. The van der Waals surface area contributed by atoms with Gasteiger partial charge in [-0.1, -0.05) is 23.7 Å². The van der Waals surface area contributed by atoms with E-state index in [0.717, 1.165) is 44.1 Å². The van der Waals surface area contributed by atoms with Gasteiger partial charge in [0.1, 0.15) is 11.6 Å². The molecule has 0 unspecified atom stereocenters. The van der Waals surface area contributed by atoms with Crippen LogP contribution in [0.2, 0.25) is 5.02 Å². The van der Waals surface area contributed by atoms with Gasteiger partial charge in [0, 0.05) is 38.9 Å². The van der Waals surface area contributed by atoms with E-state index in [9.17, 15) is 4.39 Å². The van der Waals surface area contributed by atoms with Crippen molar-refractivity contribution >= 4 is 17.4 Å². The van der Waals surface area contributed by atoms with Gasteiger partial charge in [0.25, 0.3) is 0 Å². The van der Waals surface area contributed by atoms with Crippen LogP contribution in [-0.2, 0) is 6.54 Å². The van der Waals surface area contributed by atoms with Crippen molar-refractivity contribution in [3.63, 3.8) is 0 Å². The van der Waals surface area contributed by atoms with Crippen LogP contribution in [0.5, 0.6) is 0 Å². The fraction of sp³-hybridized carbons (Fsp3) is 0.312. The number of hydrogen-bond donors (Lipinski definition) is 0. The number of anilines is 1. The molecule has 1 aromatic carbocycles. The fourth-order valence-corrected chi connectivity index (χ4v) is 2.82. The van der Waals surface area contributed by atoms with Crippen LogP contribution in [0.15, 0.2) is 42.6 Å². The van der Waals surface area contributed by atoms with Gasteiger partial charge in [0.05, 0.1) is 5.02 Å². The average molecular weight is 306 g/mol. The van der Waals surface area contributed by atoms with E-state index in [0.29, 0.717) is 5.02 Å². The van der Waals surface area contributed by atoms with Crippen molar-refractivity contribution in [1.82, 2.24) is 9.88 Å². The van der Waals surface area contributed by atoms with E-state index in [-0.39, 0.29) is 5.82 Å². The maximum absolute atomic E-state index is 12.9. The van der Waals surface area contributed by atoms with Crippen LogP contribution in [0.4, 0.5) is 10.2 Å². The van der Waals surface area contributed by atoms with Crippen molar-refractivity contribution in [2.45, 2.75) is 6.54 Å². The first kappa shape index (κ1) is 14.3. The zero-order valence-corrected chi connectivity index (χ0v) is 12.4. The minimum atomic E-state index is -0.187. The Kier molecular flexibility index (Phi) is 4.36. The highest BCUT2D eigenvalue weighted by Crippen LogP contribution is 2.23. The lowest BCUT2D eigenvalue weighted by Crippen LogP contribution is -2.46. The maximum Gasteiger partial charge on any atom is 0.147 e. The van der Waals surface area contributed by atoms with E-state index in [2.05, 4.69) is 14.8 Å². The lowest BCUT2D eigenvalue weighted by atomic mass is 10.2. The first-order chi connectivity index (χ1) is 10.2. The highest BCUT2D eigenvalue weighted by atomic mass is 35.5. The molecule has 1 aromatic heterocycles. The van der Waals surface area contributed by atoms with E-state index >= 15 is 0 Å². The molecule has 21 heavy (non-hydrogen) atoms. The summed E-state index contributed by atoms with van der Waals surface area (Å²) in [6.07, 6.45) is 1.77. The minimum absolute atomic E-state index is 0.187. The van der Waals surface area contributed by atoms with Crippen LogP contribution < -0.4 is 4.90 Å². The summed E-state index contributed by atoms with van der Waals surface area (Å²) >= 11 is 6.19. The molecule has 5 heteroatoms. The number of piperazine rings is 1. The summed E-state index contributed by atoms with van der Waals surface area (Å²) in [6, 6.07) is 10.4. The predicted molar refractivity (Wildman–Crippen MR) is 83.1 cm³/mol. The number of pyridine rings is 1. The standard InChI is InChI=1S/C16H17ClFN3/c17-15-2-1-7-19-16(15)21-10-8-20(9-11-21)12-13-3-5-14(18)6-4-13/h1-7H,8-12H2. The molecule has 3 nitrogen and oxygen atoms in total. The molecule has 0 saturated carbocycles. The molecule has 0 aliphatic carbocycles. The minimum Gasteiger partial charge on any atom is -0.353 e. The van der Waals surface area contributed by atoms with Gasteiger partial charge in [0.15, 0.2) is 0 Å². The highest BCUT2D eigenvalue weighted by molar-refractivity contribution is 6.32. The third-order valence-electron chi connectivity index (χ3n) is 3.73. The number of halogens is 2. The monoisotopic (exact) mass is 305 g/mol. The molecular weight excluding hydrogens is 289 g/mol. The Balaban J connectivity index is 1.58. The van der Waals surface area contributed by atoms with Crippen LogP contribution in [0.1, 0.15) is 5.56 Å². The van der Waals surface area contributed by atoms with Crippen molar-refractivity contribution in [1.29, 1.82) is 0 Å². The molecule has 1 fully saturated rings. The molecule has 0 spiro atoms. The van der Waals surface area contributed by atoms with E-state index in [4.69, 9.17) is 11.6 Å². The molecule has 2 heterocycles. The van der Waals surface area contributed by atoms with Gasteiger partial charge in [-0.15, -0.1) is 0 Å². The molecule has 0 N–H and O–H groups in total. The third-order valence-corrected chi connectivity index (χ3v) is 4.03. The first-order valence-corrected chi connectivity index (χ1v) is 7.42. The molecule has 1 saturated heterocycles. The number of aromatic nitrogens is 1. The number of benzene rings is 1. The van der Waals surface area contributed by atoms with Gasteiger partial charge in [0.2, 0.25) is 0 Å². The van der Waals surface area contributed by atoms with Crippen molar-refractivity contribution in [2.75, 3.05) is 31.1 Å². The number of hydrogen-bond acceptors (Lipinski definition) is 3. The molecule has 1 aliphatic rings. The molecule has 2 aromatic rings.